The molecule has 0 radical (unpaired) electrons. The van der Waals surface area contributed by atoms with E-state index in [0.29, 0.717) is 30.2 Å². The normalized spacial score (nSPS) is 15.8. The minimum Gasteiger partial charge on any atom is -0.482 e. The molecule has 3 aromatic rings. The first-order chi connectivity index (χ1) is 17.7. The number of carbonyl (C=O) groups is 2. The zero-order valence-electron chi connectivity index (χ0n) is 19.6. The summed E-state index contributed by atoms with van der Waals surface area (Å²) in [6, 6.07) is 14.8. The molecule has 2 amide bonds. The summed E-state index contributed by atoms with van der Waals surface area (Å²) in [6.07, 6.45) is 1.67. The predicted molar refractivity (Wildman–Crippen MR) is 137 cm³/mol. The van der Waals surface area contributed by atoms with Crippen molar-refractivity contribution in [3.8, 4) is 5.75 Å². The highest BCUT2D eigenvalue weighted by Crippen LogP contribution is 2.36. The van der Waals surface area contributed by atoms with Crippen molar-refractivity contribution in [2.75, 3.05) is 29.9 Å². The highest BCUT2D eigenvalue weighted by atomic mass is 35.5. The molecule has 192 valence electrons. The van der Waals surface area contributed by atoms with Gasteiger partial charge in [0.25, 0.3) is 11.8 Å². The molecule has 8 nitrogen and oxygen atoms in total. The molecule has 5 rings (SSSR count). The molecule has 11 heteroatoms. The third kappa shape index (κ3) is 5.04. The molecule has 0 saturated carbocycles. The SMILES string of the molecule is O=C(Nc1ccc2c(c1)N(Cc1c(F)cccc1Cl)C(=O)CO2)c1ccc(S(=O)(=O)N2CCCC2)cc1. The first kappa shape index (κ1) is 25.2. The number of rotatable bonds is 6. The van der Waals surface area contributed by atoms with Crippen molar-refractivity contribution < 1.29 is 27.1 Å². The van der Waals surface area contributed by atoms with Gasteiger partial charge in [0.15, 0.2) is 6.61 Å². The van der Waals surface area contributed by atoms with Crippen LogP contribution in [0.5, 0.6) is 5.75 Å². The van der Waals surface area contributed by atoms with Gasteiger partial charge in [-0.15, -0.1) is 0 Å². The number of benzene rings is 3. The van der Waals surface area contributed by atoms with Crippen LogP contribution in [0.15, 0.2) is 65.6 Å². The maximum atomic E-state index is 14.4. The minimum absolute atomic E-state index is 0.106. The van der Waals surface area contributed by atoms with Crippen LogP contribution in [0.1, 0.15) is 28.8 Å². The summed E-state index contributed by atoms with van der Waals surface area (Å²) in [5.41, 5.74) is 1.17. The third-order valence-electron chi connectivity index (χ3n) is 6.36. The second kappa shape index (κ2) is 10.1. The Morgan fingerprint density at radius 2 is 1.78 bits per heavy atom. The zero-order chi connectivity index (χ0) is 26.2. The first-order valence-electron chi connectivity index (χ1n) is 11.7. The summed E-state index contributed by atoms with van der Waals surface area (Å²) in [7, 11) is -3.58. The first-order valence-corrected chi connectivity index (χ1v) is 13.5. The third-order valence-corrected chi connectivity index (χ3v) is 8.62. The molecule has 1 fully saturated rings. The average molecular weight is 544 g/mol. The van der Waals surface area contributed by atoms with Crippen molar-refractivity contribution in [1.82, 2.24) is 4.31 Å². The van der Waals surface area contributed by atoms with Crippen molar-refractivity contribution in [3.05, 3.63) is 82.6 Å². The predicted octanol–water partition coefficient (Wildman–Crippen LogP) is 4.44. The number of ether oxygens (including phenoxy) is 1. The number of halogens is 2. The molecule has 2 aliphatic rings. The van der Waals surface area contributed by atoms with E-state index >= 15 is 0 Å². The molecule has 0 spiro atoms. The van der Waals surface area contributed by atoms with Gasteiger partial charge in [-0.2, -0.15) is 4.31 Å². The molecule has 2 aliphatic heterocycles. The number of anilines is 2. The molecule has 0 unspecified atom stereocenters. The van der Waals surface area contributed by atoms with Gasteiger partial charge >= 0.3 is 0 Å². The van der Waals surface area contributed by atoms with Gasteiger partial charge in [0, 0.05) is 34.9 Å². The van der Waals surface area contributed by atoms with E-state index in [-0.39, 0.29) is 40.1 Å². The van der Waals surface area contributed by atoms with Crippen molar-refractivity contribution in [3.63, 3.8) is 0 Å². The average Bonchev–Trinajstić information content (AvgIpc) is 3.44. The Bertz CT molecular complexity index is 1450. The smallest absolute Gasteiger partial charge is 0.265 e. The Morgan fingerprint density at radius 3 is 2.49 bits per heavy atom. The number of nitrogens with one attached hydrogen (secondary N) is 1. The molecule has 0 atom stereocenters. The van der Waals surface area contributed by atoms with Gasteiger partial charge in [0.2, 0.25) is 10.0 Å². The summed E-state index contributed by atoms with van der Waals surface area (Å²) < 4.78 is 46.8. The van der Waals surface area contributed by atoms with Crippen LogP contribution in [-0.2, 0) is 21.4 Å². The van der Waals surface area contributed by atoms with Crippen molar-refractivity contribution in [2.24, 2.45) is 0 Å². The second-order valence-corrected chi connectivity index (χ2v) is 11.1. The summed E-state index contributed by atoms with van der Waals surface area (Å²) >= 11 is 6.16. The molecule has 37 heavy (non-hydrogen) atoms. The van der Waals surface area contributed by atoms with Gasteiger partial charge < -0.3 is 15.0 Å². The van der Waals surface area contributed by atoms with Crippen LogP contribution in [0.3, 0.4) is 0 Å². The highest BCUT2D eigenvalue weighted by Gasteiger charge is 2.29. The lowest BCUT2D eigenvalue weighted by Gasteiger charge is -2.30. The van der Waals surface area contributed by atoms with Crippen LogP contribution < -0.4 is 15.0 Å². The van der Waals surface area contributed by atoms with Crippen molar-refractivity contribution >= 4 is 44.8 Å². The Balaban J connectivity index is 1.35. The molecule has 1 saturated heterocycles. The van der Waals surface area contributed by atoms with Crippen LogP contribution in [0, 0.1) is 5.82 Å². The molecule has 0 aliphatic carbocycles. The van der Waals surface area contributed by atoms with Crippen molar-refractivity contribution in [2.45, 2.75) is 24.3 Å². The Labute approximate surface area is 218 Å². The Morgan fingerprint density at radius 1 is 1.05 bits per heavy atom. The van der Waals surface area contributed by atoms with Crippen LogP contribution in [0.4, 0.5) is 15.8 Å². The number of carbonyl (C=O) groups excluding carboxylic acids is 2. The van der Waals surface area contributed by atoms with E-state index in [2.05, 4.69) is 5.32 Å². The fourth-order valence-electron chi connectivity index (χ4n) is 4.35. The number of sulfonamides is 1. The van der Waals surface area contributed by atoms with E-state index < -0.39 is 21.7 Å². The topological polar surface area (TPSA) is 96.0 Å². The Hall–Kier alpha value is -3.47. The summed E-state index contributed by atoms with van der Waals surface area (Å²) in [6.45, 7) is 0.674. The minimum atomic E-state index is -3.58. The quantitative estimate of drug-likeness (QED) is 0.496. The van der Waals surface area contributed by atoms with E-state index in [9.17, 15) is 22.4 Å². The van der Waals surface area contributed by atoms with E-state index in [1.54, 1.807) is 24.3 Å². The number of nitrogens with zero attached hydrogens (tertiary/aromatic N) is 2. The van der Waals surface area contributed by atoms with Gasteiger partial charge in [-0.05, 0) is 67.4 Å². The molecule has 2 heterocycles. The zero-order valence-corrected chi connectivity index (χ0v) is 21.2. The van der Waals surface area contributed by atoms with Crippen LogP contribution in [0.2, 0.25) is 5.02 Å². The molecular formula is C26H23ClFN3O5S. The van der Waals surface area contributed by atoms with E-state index in [0.717, 1.165) is 12.8 Å². The molecule has 0 aromatic heterocycles. The van der Waals surface area contributed by atoms with Gasteiger partial charge in [-0.25, -0.2) is 12.8 Å². The monoisotopic (exact) mass is 543 g/mol. The van der Waals surface area contributed by atoms with Gasteiger partial charge in [0.1, 0.15) is 11.6 Å². The van der Waals surface area contributed by atoms with Crippen molar-refractivity contribution in [1.29, 1.82) is 0 Å². The van der Waals surface area contributed by atoms with E-state index in [1.807, 2.05) is 0 Å². The summed E-state index contributed by atoms with van der Waals surface area (Å²) in [5, 5.41) is 2.95. The van der Waals surface area contributed by atoms with E-state index in [1.165, 1.54) is 45.6 Å². The molecule has 0 bridgehead atoms. The lowest BCUT2D eigenvalue weighted by molar-refractivity contribution is -0.121. The summed E-state index contributed by atoms with van der Waals surface area (Å²) in [4.78, 5) is 27.0. The van der Waals surface area contributed by atoms with Gasteiger partial charge in [-0.1, -0.05) is 17.7 Å². The number of fused-ring (bicyclic) bond motifs is 1. The maximum absolute atomic E-state index is 14.4. The lowest BCUT2D eigenvalue weighted by atomic mass is 10.1. The Kier molecular flexibility index (Phi) is 6.89. The number of hydrogen-bond donors (Lipinski definition) is 1. The fraction of sp³-hybridized carbons (Fsp3) is 0.231. The number of amides is 2. The van der Waals surface area contributed by atoms with Crippen LogP contribution >= 0.6 is 11.6 Å². The van der Waals surface area contributed by atoms with Gasteiger partial charge in [0.05, 0.1) is 17.1 Å². The molecule has 3 aromatic carbocycles. The number of hydrogen-bond acceptors (Lipinski definition) is 5. The lowest BCUT2D eigenvalue weighted by Crippen LogP contribution is -2.38. The van der Waals surface area contributed by atoms with Crippen LogP contribution in [-0.4, -0.2) is 44.2 Å². The highest BCUT2D eigenvalue weighted by molar-refractivity contribution is 7.89. The second-order valence-electron chi connectivity index (χ2n) is 8.74. The largest absolute Gasteiger partial charge is 0.482 e. The van der Waals surface area contributed by atoms with Gasteiger partial charge in [-0.3, -0.25) is 9.59 Å². The molecular weight excluding hydrogens is 521 g/mol. The summed E-state index contributed by atoms with van der Waals surface area (Å²) in [5.74, 6) is -0.976. The fourth-order valence-corrected chi connectivity index (χ4v) is 6.09. The standard InChI is InChI=1S/C26H23ClFN3O5S/c27-21-4-3-5-22(28)20(21)15-31-23-14-18(8-11-24(23)36-16-25(31)32)29-26(33)17-6-9-19(10-7-17)37(34,35)30-12-1-2-13-30/h3-11,14H,1-2,12-13,15-16H2,(H,29,33). The molecule has 1 N–H and O–H groups in total. The maximum Gasteiger partial charge on any atom is 0.265 e. The van der Waals surface area contributed by atoms with E-state index in [4.69, 9.17) is 16.3 Å². The van der Waals surface area contributed by atoms with Crippen LogP contribution in [0.25, 0.3) is 0 Å².